The number of benzene rings is 1. The summed E-state index contributed by atoms with van der Waals surface area (Å²) < 4.78 is 5.83. The molecular weight excluding hydrogens is 370 g/mol. The van der Waals surface area contributed by atoms with Gasteiger partial charge in [0, 0.05) is 6.42 Å². The van der Waals surface area contributed by atoms with Gasteiger partial charge >= 0.3 is 5.97 Å². The third-order valence-corrected chi connectivity index (χ3v) is 7.71. The molecule has 1 unspecified atom stereocenters. The van der Waals surface area contributed by atoms with Crippen LogP contribution in [0.25, 0.3) is 0 Å². The smallest absolute Gasteiger partial charge is 0.354 e. The highest BCUT2D eigenvalue weighted by Crippen LogP contribution is 2.59. The van der Waals surface area contributed by atoms with Crippen molar-refractivity contribution in [2.45, 2.75) is 57.3 Å². The van der Waals surface area contributed by atoms with E-state index in [-0.39, 0.29) is 17.6 Å². The third-order valence-electron chi connectivity index (χ3n) is 7.71. The molecule has 1 N–H and O–H groups in total. The van der Waals surface area contributed by atoms with Crippen LogP contribution in [0.2, 0.25) is 0 Å². The van der Waals surface area contributed by atoms with E-state index in [9.17, 15) is 14.7 Å². The minimum Gasteiger partial charge on any atom is -0.458 e. The molecule has 6 nitrogen and oxygen atoms in total. The van der Waals surface area contributed by atoms with E-state index >= 15 is 0 Å². The molecule has 1 aromatic carbocycles. The molecule has 1 aromatic rings. The predicted octanol–water partition coefficient (Wildman–Crippen LogP) is 2.71. The van der Waals surface area contributed by atoms with Gasteiger partial charge in [0.15, 0.2) is 5.78 Å². The summed E-state index contributed by atoms with van der Waals surface area (Å²) in [4.78, 5) is 31.9. The van der Waals surface area contributed by atoms with Gasteiger partial charge in [0.25, 0.3) is 0 Å². The van der Waals surface area contributed by atoms with E-state index in [4.69, 9.17) is 9.57 Å². The van der Waals surface area contributed by atoms with Crippen LogP contribution in [-0.2, 0) is 19.2 Å². The Morgan fingerprint density at radius 2 is 2.03 bits per heavy atom. The highest BCUT2D eigenvalue weighted by molar-refractivity contribution is 6.06. The second kappa shape index (κ2) is 5.79. The number of carbonyl (C=O) groups is 2. The van der Waals surface area contributed by atoms with Crippen LogP contribution in [0, 0.1) is 24.2 Å². The molecule has 5 rings (SSSR count). The SMILES string of the molecule is Cc1cccc(C2=NOC3(C2)C(=O)O[C@@H]2[C@H]3CC[C@H](C)[C@]3(O)C=CC(=O)[C@@]23C)c1. The zero-order chi connectivity index (χ0) is 20.6. The molecule has 1 saturated carbocycles. The lowest BCUT2D eigenvalue weighted by Crippen LogP contribution is -2.57. The Morgan fingerprint density at radius 1 is 1.24 bits per heavy atom. The summed E-state index contributed by atoms with van der Waals surface area (Å²) in [6.45, 7) is 5.67. The van der Waals surface area contributed by atoms with E-state index in [1.54, 1.807) is 13.0 Å². The summed E-state index contributed by atoms with van der Waals surface area (Å²) in [5, 5.41) is 15.7. The fourth-order valence-electron chi connectivity index (χ4n) is 5.78. The Hall–Kier alpha value is -2.47. The Morgan fingerprint density at radius 3 is 2.79 bits per heavy atom. The van der Waals surface area contributed by atoms with Crippen molar-refractivity contribution in [2.75, 3.05) is 0 Å². The Kier molecular flexibility index (Phi) is 3.70. The molecule has 29 heavy (non-hydrogen) atoms. The average molecular weight is 395 g/mol. The maximum atomic E-state index is 13.1. The lowest BCUT2D eigenvalue weighted by Gasteiger charge is -2.43. The topological polar surface area (TPSA) is 85.2 Å². The number of carbonyl (C=O) groups excluding carboxylic acids is 2. The first-order valence-electron chi connectivity index (χ1n) is 10.2. The minimum atomic E-state index is -1.34. The lowest BCUT2D eigenvalue weighted by atomic mass is 9.63. The molecule has 0 radical (unpaired) electrons. The quantitative estimate of drug-likeness (QED) is 0.739. The molecule has 1 spiro atoms. The number of hydrogen-bond acceptors (Lipinski definition) is 6. The number of allylic oxidation sites excluding steroid dienone is 1. The van der Waals surface area contributed by atoms with Gasteiger partial charge in [-0.05, 0) is 50.3 Å². The van der Waals surface area contributed by atoms with Crippen LogP contribution in [0.5, 0.6) is 0 Å². The number of esters is 1. The number of nitrogens with zero attached hydrogens (tertiary/aromatic N) is 1. The summed E-state index contributed by atoms with van der Waals surface area (Å²) in [6.07, 6.45) is 3.85. The molecule has 0 aromatic heterocycles. The monoisotopic (exact) mass is 395 g/mol. The molecule has 0 amide bonds. The van der Waals surface area contributed by atoms with Crippen molar-refractivity contribution < 1.29 is 24.3 Å². The van der Waals surface area contributed by atoms with E-state index in [0.29, 0.717) is 25.0 Å². The van der Waals surface area contributed by atoms with Gasteiger partial charge in [-0.25, -0.2) is 4.79 Å². The average Bonchev–Trinajstić information content (AvgIpc) is 3.31. The Labute approximate surface area is 169 Å². The number of fused-ring (bicyclic) bond motifs is 4. The molecule has 1 saturated heterocycles. The van der Waals surface area contributed by atoms with Crippen LogP contribution in [0.15, 0.2) is 41.6 Å². The zero-order valence-corrected chi connectivity index (χ0v) is 16.8. The van der Waals surface area contributed by atoms with Crippen LogP contribution in [0.3, 0.4) is 0 Å². The summed E-state index contributed by atoms with van der Waals surface area (Å²) in [5.41, 5.74) is -1.07. The Balaban J connectivity index is 1.54. The van der Waals surface area contributed by atoms with Crippen molar-refractivity contribution in [2.24, 2.45) is 22.4 Å². The van der Waals surface area contributed by atoms with Crippen molar-refractivity contribution in [3.05, 3.63) is 47.5 Å². The number of aryl methyl sites for hydroxylation is 1. The molecule has 4 aliphatic rings. The standard InChI is InChI=1S/C23H25NO5/c1-13-5-4-6-15(11-13)17-12-22(29-24-17)16-8-7-14(2)23(27)10-9-18(25)21(23,3)19(16)28-20(22)26/h4-6,9-11,14,16,19,27H,7-8,12H2,1-3H3/t14-,16+,19+,21-,22?,23+/m0/s1. The van der Waals surface area contributed by atoms with Crippen molar-refractivity contribution in [1.82, 2.24) is 0 Å². The van der Waals surface area contributed by atoms with Crippen molar-refractivity contribution in [1.29, 1.82) is 0 Å². The molecule has 2 fully saturated rings. The molecule has 2 heterocycles. The van der Waals surface area contributed by atoms with E-state index in [0.717, 1.165) is 11.1 Å². The summed E-state index contributed by atoms with van der Waals surface area (Å²) >= 11 is 0. The maximum Gasteiger partial charge on any atom is 0.354 e. The summed E-state index contributed by atoms with van der Waals surface area (Å²) in [6, 6.07) is 7.91. The van der Waals surface area contributed by atoms with Crippen LogP contribution >= 0.6 is 0 Å². The van der Waals surface area contributed by atoms with Gasteiger partial charge in [-0.3, -0.25) is 4.79 Å². The van der Waals surface area contributed by atoms with Gasteiger partial charge in [0.2, 0.25) is 5.60 Å². The van der Waals surface area contributed by atoms with Crippen LogP contribution < -0.4 is 0 Å². The van der Waals surface area contributed by atoms with Gasteiger partial charge in [0.1, 0.15) is 17.1 Å². The van der Waals surface area contributed by atoms with E-state index in [1.165, 1.54) is 6.08 Å². The molecule has 6 heteroatoms. The summed E-state index contributed by atoms with van der Waals surface area (Å²) in [5.74, 6) is -1.19. The van der Waals surface area contributed by atoms with Crippen molar-refractivity contribution in [3.63, 3.8) is 0 Å². The minimum absolute atomic E-state index is 0.143. The molecule has 2 aliphatic carbocycles. The number of rotatable bonds is 1. The number of hydrogen-bond donors (Lipinski definition) is 1. The molecule has 6 atom stereocenters. The Bertz CT molecular complexity index is 983. The number of aliphatic hydroxyl groups is 1. The van der Waals surface area contributed by atoms with E-state index in [1.807, 2.05) is 38.1 Å². The second-order valence-electron chi connectivity index (χ2n) is 9.20. The fraction of sp³-hybridized carbons (Fsp3) is 0.522. The van der Waals surface area contributed by atoms with Gasteiger partial charge in [-0.1, -0.05) is 41.9 Å². The van der Waals surface area contributed by atoms with E-state index in [2.05, 4.69) is 5.16 Å². The highest BCUT2D eigenvalue weighted by Gasteiger charge is 2.73. The maximum absolute atomic E-state index is 13.1. The largest absolute Gasteiger partial charge is 0.458 e. The van der Waals surface area contributed by atoms with Crippen molar-refractivity contribution in [3.8, 4) is 0 Å². The lowest BCUT2D eigenvalue weighted by molar-refractivity contribution is -0.169. The first-order valence-corrected chi connectivity index (χ1v) is 10.2. The van der Waals surface area contributed by atoms with Gasteiger partial charge in [0.05, 0.1) is 11.6 Å². The highest BCUT2D eigenvalue weighted by atomic mass is 16.7. The molecule has 152 valence electrons. The van der Waals surface area contributed by atoms with Crippen molar-refractivity contribution >= 4 is 17.5 Å². The normalized spacial score (nSPS) is 42.9. The first-order chi connectivity index (χ1) is 13.7. The number of oxime groups is 1. The van der Waals surface area contributed by atoms with Gasteiger partial charge < -0.3 is 14.7 Å². The van der Waals surface area contributed by atoms with Crippen LogP contribution in [-0.4, -0.2) is 39.9 Å². The molecular formula is C23H25NO5. The third kappa shape index (κ3) is 2.18. The number of ether oxygens (including phenoxy) is 1. The van der Waals surface area contributed by atoms with Gasteiger partial charge in [-0.2, -0.15) is 0 Å². The predicted molar refractivity (Wildman–Crippen MR) is 105 cm³/mol. The molecule has 2 aliphatic heterocycles. The van der Waals surface area contributed by atoms with Crippen LogP contribution in [0.1, 0.15) is 44.2 Å². The van der Waals surface area contributed by atoms with Crippen LogP contribution in [0.4, 0.5) is 0 Å². The molecule has 0 bridgehead atoms. The summed E-state index contributed by atoms with van der Waals surface area (Å²) in [7, 11) is 0. The van der Waals surface area contributed by atoms with E-state index < -0.39 is 28.7 Å². The first kappa shape index (κ1) is 18.6. The fourth-order valence-corrected chi connectivity index (χ4v) is 5.78. The number of ketones is 1. The van der Waals surface area contributed by atoms with Gasteiger partial charge in [-0.15, -0.1) is 0 Å². The second-order valence-corrected chi connectivity index (χ2v) is 9.20. The zero-order valence-electron chi connectivity index (χ0n) is 16.8.